The molecule has 0 saturated carbocycles. The van der Waals surface area contributed by atoms with Gasteiger partial charge in [0.05, 0.1) is 0 Å². The van der Waals surface area contributed by atoms with Crippen LogP contribution in [0.3, 0.4) is 0 Å². The second-order valence-electron chi connectivity index (χ2n) is 8.66. The van der Waals surface area contributed by atoms with Gasteiger partial charge in [0.25, 0.3) is 0 Å². The fourth-order valence-corrected chi connectivity index (χ4v) is 2.24. The van der Waals surface area contributed by atoms with Gasteiger partial charge in [0.2, 0.25) is 0 Å². The molecule has 40 heavy (non-hydrogen) atoms. The Morgan fingerprint density at radius 2 is 0.750 bits per heavy atom. The molecule has 0 aliphatic carbocycles. The summed E-state index contributed by atoms with van der Waals surface area (Å²) < 4.78 is 23.1. The summed E-state index contributed by atoms with van der Waals surface area (Å²) in [5, 5.41) is 55.8. The van der Waals surface area contributed by atoms with E-state index in [4.69, 9.17) is 0 Å². The van der Waals surface area contributed by atoms with Gasteiger partial charge in [-0.15, -0.1) is 0 Å². The highest BCUT2D eigenvalue weighted by molar-refractivity contribution is 5.91. The molecular weight excluding hydrogens is 540 g/mol. The van der Waals surface area contributed by atoms with Crippen LogP contribution < -0.4 is 0 Å². The maximum atomic E-state index is 12.6. The van der Waals surface area contributed by atoms with Crippen molar-refractivity contribution < 1.29 is 73.2 Å². The average molecular weight is 573 g/mol. The van der Waals surface area contributed by atoms with Crippen LogP contribution in [0.2, 0.25) is 0 Å². The van der Waals surface area contributed by atoms with Crippen LogP contribution >= 0.6 is 0 Å². The van der Waals surface area contributed by atoms with Crippen molar-refractivity contribution in [2.45, 2.75) is 58.0 Å². The van der Waals surface area contributed by atoms with Crippen LogP contribution in [0.4, 0.5) is 0 Å². The number of aliphatic hydroxyl groups is 5. The van der Waals surface area contributed by atoms with Crippen molar-refractivity contribution in [3.05, 3.63) is 60.8 Å². The number of hydrogen-bond donors (Lipinski definition) is 5. The Hall–Kier alpha value is -4.15. The predicted octanol–water partition coefficient (Wildman–Crippen LogP) is -0.713. The summed E-state index contributed by atoms with van der Waals surface area (Å²) in [7, 11) is 0. The Labute approximate surface area is 228 Å². The normalized spacial score (nSPS) is 15.4. The summed E-state index contributed by atoms with van der Waals surface area (Å²) in [4.78, 5) is 62.4. The fraction of sp³-hybridized carbons (Fsp3) is 0.400. The van der Waals surface area contributed by atoms with Gasteiger partial charge in [-0.25, -0.2) is 24.0 Å². The summed E-state index contributed by atoms with van der Waals surface area (Å²) in [5.41, 5.74) is -2.88. The van der Waals surface area contributed by atoms with Crippen LogP contribution in [-0.4, -0.2) is 85.3 Å². The molecule has 0 amide bonds. The second kappa shape index (κ2) is 12.8. The Bertz CT molecular complexity index is 1140. The summed E-state index contributed by atoms with van der Waals surface area (Å²) in [6, 6.07) is 0. The first-order chi connectivity index (χ1) is 17.9. The fourth-order valence-electron chi connectivity index (χ4n) is 2.24. The van der Waals surface area contributed by atoms with Crippen LogP contribution in [0, 0.1) is 0 Å². The molecule has 0 fully saturated rings. The Morgan fingerprint density at radius 1 is 0.500 bits per heavy atom. The van der Waals surface area contributed by atoms with Crippen molar-refractivity contribution in [2.75, 3.05) is 6.61 Å². The van der Waals surface area contributed by atoms with Crippen molar-refractivity contribution >= 4 is 29.8 Å². The van der Waals surface area contributed by atoms with Crippen molar-refractivity contribution in [3.8, 4) is 0 Å². The SMILES string of the molecule is C=C(C)C(=O)OC(O)(OC(=O)C(=C)C)[C@@](O)(OC(=O)C(=C)C)C(O)(OC(=O)C(=C)C)[C@](O)(CO)OC(=O)C(=C)C. The van der Waals surface area contributed by atoms with Crippen molar-refractivity contribution in [1.82, 2.24) is 0 Å². The molecule has 15 heteroatoms. The zero-order chi connectivity index (χ0) is 32.0. The highest BCUT2D eigenvalue weighted by atomic mass is 16.9. The number of ether oxygens (including phenoxy) is 5. The van der Waals surface area contributed by atoms with Gasteiger partial charge in [0.15, 0.2) is 0 Å². The molecule has 222 valence electrons. The van der Waals surface area contributed by atoms with E-state index < -0.39 is 87.7 Å². The van der Waals surface area contributed by atoms with Crippen LogP contribution in [0.5, 0.6) is 0 Å². The van der Waals surface area contributed by atoms with Crippen molar-refractivity contribution in [1.29, 1.82) is 0 Å². The number of carbonyl (C=O) groups is 5. The summed E-state index contributed by atoms with van der Waals surface area (Å²) in [6.07, 6.45) is 0. The average Bonchev–Trinajstić information content (AvgIpc) is 2.82. The molecule has 5 N–H and O–H groups in total. The van der Waals surface area contributed by atoms with E-state index in [0.29, 0.717) is 0 Å². The number of rotatable bonds is 14. The van der Waals surface area contributed by atoms with E-state index in [1.54, 1.807) is 0 Å². The van der Waals surface area contributed by atoms with Crippen molar-refractivity contribution in [3.63, 3.8) is 0 Å². The molecule has 0 aromatic heterocycles. The lowest BCUT2D eigenvalue weighted by atomic mass is 9.92. The molecule has 0 bridgehead atoms. The minimum atomic E-state index is -4.75. The van der Waals surface area contributed by atoms with E-state index in [9.17, 15) is 49.5 Å². The van der Waals surface area contributed by atoms with E-state index in [1.807, 2.05) is 0 Å². The standard InChI is InChI=1S/C25H32O15/c1-12(2)17(27)36-22(32,11-26)23(33,37-18(28)13(3)4)24(34,38-19(29)14(5)6)25(35,39-20(30)15(7)8)40-21(31)16(9)10/h26,32-35H,1,3,5,7,9,11H2,2,4,6,8,10H3/t22-,23?,24-/m0/s1. The molecule has 0 aromatic rings. The topological polar surface area (TPSA) is 233 Å². The highest BCUT2D eigenvalue weighted by Gasteiger charge is 2.82. The van der Waals surface area contributed by atoms with Crippen molar-refractivity contribution in [2.24, 2.45) is 0 Å². The molecular formula is C25H32O15. The first-order valence-electron chi connectivity index (χ1n) is 10.9. The van der Waals surface area contributed by atoms with E-state index in [0.717, 1.165) is 34.6 Å². The van der Waals surface area contributed by atoms with Gasteiger partial charge in [0.1, 0.15) is 6.61 Å². The third kappa shape index (κ3) is 7.28. The van der Waals surface area contributed by atoms with Crippen LogP contribution in [0.15, 0.2) is 60.8 Å². The lowest BCUT2D eigenvalue weighted by Gasteiger charge is -2.50. The first kappa shape index (κ1) is 35.9. The molecule has 0 radical (unpaired) electrons. The molecule has 0 rings (SSSR count). The monoisotopic (exact) mass is 572 g/mol. The lowest BCUT2D eigenvalue weighted by molar-refractivity contribution is -0.535. The zero-order valence-electron chi connectivity index (χ0n) is 22.6. The number of carbonyl (C=O) groups excluding carboxylic acids is 5. The van der Waals surface area contributed by atoms with Crippen LogP contribution in [-0.2, 0) is 47.7 Å². The van der Waals surface area contributed by atoms with Gasteiger partial charge in [-0.3, -0.25) is 0 Å². The van der Waals surface area contributed by atoms with Gasteiger partial charge >= 0.3 is 53.2 Å². The zero-order valence-corrected chi connectivity index (χ0v) is 22.6. The first-order valence-corrected chi connectivity index (χ1v) is 10.9. The smallest absolute Gasteiger partial charge is 0.420 e. The molecule has 0 saturated heterocycles. The highest BCUT2D eigenvalue weighted by Crippen LogP contribution is 2.45. The predicted molar refractivity (Wildman–Crippen MR) is 131 cm³/mol. The maximum Gasteiger partial charge on any atom is 0.451 e. The lowest BCUT2D eigenvalue weighted by Crippen LogP contribution is -2.81. The Morgan fingerprint density at radius 3 is 1.02 bits per heavy atom. The molecule has 15 nitrogen and oxygen atoms in total. The maximum absolute atomic E-state index is 12.6. The summed E-state index contributed by atoms with van der Waals surface area (Å²) in [6.45, 7) is 18.9. The quantitative estimate of drug-likeness (QED) is 0.0748. The van der Waals surface area contributed by atoms with Crippen LogP contribution in [0.25, 0.3) is 0 Å². The van der Waals surface area contributed by atoms with Crippen LogP contribution in [0.1, 0.15) is 34.6 Å². The molecule has 3 atom stereocenters. The molecule has 0 heterocycles. The van der Waals surface area contributed by atoms with E-state index in [2.05, 4.69) is 56.6 Å². The third-order valence-electron chi connectivity index (χ3n) is 4.58. The largest absolute Gasteiger partial charge is 0.451 e. The van der Waals surface area contributed by atoms with Gasteiger partial charge in [0, 0.05) is 27.9 Å². The van der Waals surface area contributed by atoms with Gasteiger partial charge in [-0.05, 0) is 34.6 Å². The second-order valence-corrected chi connectivity index (χ2v) is 8.66. The number of esters is 5. The minimum absolute atomic E-state index is 0.513. The van der Waals surface area contributed by atoms with E-state index in [-0.39, 0.29) is 0 Å². The minimum Gasteiger partial charge on any atom is -0.420 e. The number of aliphatic hydroxyl groups excluding tert-OH is 1. The molecule has 0 spiro atoms. The molecule has 0 aromatic carbocycles. The van der Waals surface area contributed by atoms with E-state index in [1.165, 1.54) is 0 Å². The molecule has 0 aliphatic rings. The molecule has 0 aliphatic heterocycles. The Balaban J connectivity index is 8.08. The summed E-state index contributed by atoms with van der Waals surface area (Å²) >= 11 is 0. The van der Waals surface area contributed by atoms with E-state index >= 15 is 0 Å². The van der Waals surface area contributed by atoms with Gasteiger partial charge < -0.3 is 49.2 Å². The Kier molecular flexibility index (Phi) is 11.5. The molecule has 1 unspecified atom stereocenters. The number of hydrogen-bond acceptors (Lipinski definition) is 15. The third-order valence-corrected chi connectivity index (χ3v) is 4.58. The van der Waals surface area contributed by atoms with Gasteiger partial charge in [-0.1, -0.05) is 32.9 Å². The summed E-state index contributed by atoms with van der Waals surface area (Å²) in [5.74, 6) is -26.7. The van der Waals surface area contributed by atoms with Gasteiger partial charge in [-0.2, -0.15) is 0 Å².